The van der Waals surface area contributed by atoms with E-state index < -0.39 is 0 Å². The van der Waals surface area contributed by atoms with Crippen LogP contribution in [0.5, 0.6) is 11.5 Å². The Morgan fingerprint density at radius 1 is 0.938 bits per heavy atom. The number of likely N-dealkylation sites (N-methyl/N-ethyl adjacent to an activating group) is 1. The van der Waals surface area contributed by atoms with Gasteiger partial charge in [-0.15, -0.1) is 0 Å². The van der Waals surface area contributed by atoms with Crippen LogP contribution in [-0.2, 0) is 0 Å². The molecule has 4 rings (SSSR count). The molecule has 164 valence electrons. The molecular weight excluding hydrogens is 422 g/mol. The zero-order chi connectivity index (χ0) is 22.5. The SMILES string of the molecule is CCC(=C(c1ccc(O)cc1)c1ccc(OCCNC)cc1)c1ccc2oc(Cl)cc2c1. The summed E-state index contributed by atoms with van der Waals surface area (Å²) in [5, 5.41) is 14.3. The van der Waals surface area contributed by atoms with Gasteiger partial charge >= 0.3 is 0 Å². The maximum absolute atomic E-state index is 9.82. The molecule has 0 fully saturated rings. The third kappa shape index (κ3) is 4.82. The van der Waals surface area contributed by atoms with Crippen LogP contribution in [0.15, 0.2) is 77.2 Å². The minimum absolute atomic E-state index is 0.244. The van der Waals surface area contributed by atoms with E-state index in [1.807, 2.05) is 43.4 Å². The number of hydrogen-bond donors (Lipinski definition) is 2. The van der Waals surface area contributed by atoms with Gasteiger partial charge in [-0.2, -0.15) is 0 Å². The maximum Gasteiger partial charge on any atom is 0.194 e. The molecule has 0 amide bonds. The summed E-state index contributed by atoms with van der Waals surface area (Å²) in [7, 11) is 1.91. The summed E-state index contributed by atoms with van der Waals surface area (Å²) >= 11 is 6.06. The normalized spacial score (nSPS) is 12.1. The van der Waals surface area contributed by atoms with Crippen molar-refractivity contribution >= 4 is 33.7 Å². The largest absolute Gasteiger partial charge is 0.508 e. The summed E-state index contributed by atoms with van der Waals surface area (Å²) in [6, 6.07) is 23.5. The molecule has 0 saturated carbocycles. The van der Waals surface area contributed by atoms with Crippen molar-refractivity contribution in [3.8, 4) is 11.5 Å². The van der Waals surface area contributed by atoms with Crippen LogP contribution in [0.1, 0.15) is 30.0 Å². The fourth-order valence-electron chi connectivity index (χ4n) is 3.86. The average Bonchev–Trinajstić information content (AvgIpc) is 3.18. The molecule has 0 aliphatic heterocycles. The second-order valence-corrected chi connectivity index (χ2v) is 7.91. The lowest BCUT2D eigenvalue weighted by Crippen LogP contribution is -2.15. The fraction of sp³-hybridized carbons (Fsp3) is 0.185. The van der Waals surface area contributed by atoms with E-state index >= 15 is 0 Å². The highest BCUT2D eigenvalue weighted by molar-refractivity contribution is 6.29. The van der Waals surface area contributed by atoms with Gasteiger partial charge in [0.15, 0.2) is 5.22 Å². The lowest BCUT2D eigenvalue weighted by molar-refractivity contribution is 0.318. The number of halogens is 1. The van der Waals surface area contributed by atoms with Crippen LogP contribution < -0.4 is 10.1 Å². The first-order valence-corrected chi connectivity index (χ1v) is 11.1. The standard InChI is InChI=1S/C27H26ClNO3/c1-3-24(20-8-13-25-21(16-20)17-26(28)32-25)27(18-4-9-22(30)10-5-18)19-6-11-23(12-7-19)31-15-14-29-2/h4-13,16-17,29-30H,3,14-15H2,1-2H3. The van der Waals surface area contributed by atoms with E-state index in [1.165, 1.54) is 5.57 Å². The molecule has 0 bridgehead atoms. The highest BCUT2D eigenvalue weighted by atomic mass is 35.5. The number of aromatic hydroxyl groups is 1. The Morgan fingerprint density at radius 3 is 2.25 bits per heavy atom. The molecule has 0 radical (unpaired) electrons. The Labute approximate surface area is 193 Å². The first kappa shape index (κ1) is 22.0. The summed E-state index contributed by atoms with van der Waals surface area (Å²) in [4.78, 5) is 0. The second kappa shape index (κ2) is 9.94. The van der Waals surface area contributed by atoms with Gasteiger partial charge in [0.1, 0.15) is 23.7 Å². The van der Waals surface area contributed by atoms with E-state index in [0.29, 0.717) is 11.8 Å². The molecule has 4 aromatic rings. The van der Waals surface area contributed by atoms with E-state index in [1.54, 1.807) is 12.1 Å². The van der Waals surface area contributed by atoms with Crippen molar-refractivity contribution in [1.29, 1.82) is 0 Å². The van der Waals surface area contributed by atoms with Crippen molar-refractivity contribution in [2.45, 2.75) is 13.3 Å². The number of benzene rings is 3. The molecule has 3 aromatic carbocycles. The molecule has 1 heterocycles. The molecule has 0 unspecified atom stereocenters. The summed E-state index contributed by atoms with van der Waals surface area (Å²) in [6.07, 6.45) is 0.827. The lowest BCUT2D eigenvalue weighted by Gasteiger charge is -2.17. The molecule has 4 nitrogen and oxygen atoms in total. The number of phenolic OH excluding ortho intramolecular Hbond substituents is 1. The summed E-state index contributed by atoms with van der Waals surface area (Å²) < 4.78 is 11.3. The van der Waals surface area contributed by atoms with Crippen LogP contribution in [0.25, 0.3) is 22.1 Å². The van der Waals surface area contributed by atoms with Crippen molar-refractivity contribution in [3.63, 3.8) is 0 Å². The molecule has 0 saturated heterocycles. The van der Waals surface area contributed by atoms with Gasteiger partial charge in [-0.3, -0.25) is 0 Å². The van der Waals surface area contributed by atoms with Crippen LogP contribution >= 0.6 is 11.6 Å². The Morgan fingerprint density at radius 2 is 1.59 bits per heavy atom. The number of furan rings is 1. The molecule has 5 heteroatoms. The van der Waals surface area contributed by atoms with Crippen LogP contribution in [0.4, 0.5) is 0 Å². The fourth-order valence-corrected chi connectivity index (χ4v) is 4.06. The molecule has 1 aromatic heterocycles. The van der Waals surface area contributed by atoms with E-state index in [9.17, 15) is 5.11 Å². The van der Waals surface area contributed by atoms with E-state index in [-0.39, 0.29) is 5.75 Å². The van der Waals surface area contributed by atoms with Gasteiger partial charge in [0.05, 0.1) is 0 Å². The van der Waals surface area contributed by atoms with Crippen LogP contribution in [0.2, 0.25) is 5.22 Å². The summed E-state index contributed by atoms with van der Waals surface area (Å²) in [5.41, 5.74) is 6.30. The highest BCUT2D eigenvalue weighted by Crippen LogP contribution is 2.37. The van der Waals surface area contributed by atoms with Crippen molar-refractivity contribution in [2.24, 2.45) is 0 Å². The van der Waals surface area contributed by atoms with Crippen molar-refractivity contribution < 1.29 is 14.3 Å². The van der Waals surface area contributed by atoms with Crippen molar-refractivity contribution in [1.82, 2.24) is 5.32 Å². The third-order valence-corrected chi connectivity index (χ3v) is 5.60. The first-order chi connectivity index (χ1) is 15.6. The van der Waals surface area contributed by atoms with Crippen LogP contribution in [0.3, 0.4) is 0 Å². The topological polar surface area (TPSA) is 54.6 Å². The van der Waals surface area contributed by atoms with Gasteiger partial charge in [-0.25, -0.2) is 0 Å². The number of allylic oxidation sites excluding steroid dienone is 1. The number of phenols is 1. The Bertz CT molecular complexity index is 1220. The average molecular weight is 448 g/mol. The zero-order valence-corrected chi connectivity index (χ0v) is 18.9. The number of hydrogen-bond acceptors (Lipinski definition) is 4. The number of nitrogens with one attached hydrogen (secondary N) is 1. The summed E-state index contributed by atoms with van der Waals surface area (Å²) in [6.45, 7) is 3.56. The molecule has 0 aliphatic rings. The monoisotopic (exact) mass is 447 g/mol. The van der Waals surface area contributed by atoms with Crippen LogP contribution in [0, 0.1) is 0 Å². The highest BCUT2D eigenvalue weighted by Gasteiger charge is 2.15. The molecule has 0 atom stereocenters. The van der Waals surface area contributed by atoms with Crippen molar-refractivity contribution in [3.05, 3.63) is 94.7 Å². The van der Waals surface area contributed by atoms with Gasteiger partial charge < -0.3 is 19.6 Å². The maximum atomic E-state index is 9.82. The third-order valence-electron chi connectivity index (χ3n) is 5.41. The van der Waals surface area contributed by atoms with E-state index in [4.69, 9.17) is 20.8 Å². The number of ether oxygens (including phenoxy) is 1. The smallest absolute Gasteiger partial charge is 0.194 e. The summed E-state index contributed by atoms with van der Waals surface area (Å²) in [5.74, 6) is 1.08. The quantitative estimate of drug-likeness (QED) is 0.231. The van der Waals surface area contributed by atoms with E-state index in [2.05, 4.69) is 36.5 Å². The second-order valence-electron chi connectivity index (χ2n) is 7.53. The number of rotatable bonds is 8. The number of fused-ring (bicyclic) bond motifs is 1. The Hall–Kier alpha value is -3.21. The lowest BCUT2D eigenvalue weighted by atomic mass is 9.88. The molecule has 32 heavy (non-hydrogen) atoms. The van der Waals surface area contributed by atoms with Gasteiger partial charge in [-0.05, 0) is 89.3 Å². The van der Waals surface area contributed by atoms with Gasteiger partial charge in [0, 0.05) is 18.0 Å². The van der Waals surface area contributed by atoms with Crippen LogP contribution in [-0.4, -0.2) is 25.3 Å². The zero-order valence-electron chi connectivity index (χ0n) is 18.2. The molecule has 0 spiro atoms. The predicted molar refractivity (Wildman–Crippen MR) is 131 cm³/mol. The molecular formula is C27H26ClNO3. The minimum Gasteiger partial charge on any atom is -0.508 e. The Balaban J connectivity index is 1.83. The van der Waals surface area contributed by atoms with Gasteiger partial charge in [0.25, 0.3) is 0 Å². The van der Waals surface area contributed by atoms with Gasteiger partial charge in [0.2, 0.25) is 0 Å². The van der Waals surface area contributed by atoms with Gasteiger partial charge in [-0.1, -0.05) is 37.3 Å². The van der Waals surface area contributed by atoms with Crippen molar-refractivity contribution in [2.75, 3.05) is 20.2 Å². The predicted octanol–water partition coefficient (Wildman–Crippen LogP) is 6.76. The molecule has 0 aliphatic carbocycles. The van der Waals surface area contributed by atoms with E-state index in [0.717, 1.165) is 51.9 Å². The minimum atomic E-state index is 0.244. The first-order valence-electron chi connectivity index (χ1n) is 10.7. The molecule has 2 N–H and O–H groups in total. The Kier molecular flexibility index (Phi) is 6.84.